The van der Waals surface area contributed by atoms with Crippen molar-refractivity contribution in [3.63, 3.8) is 0 Å². The van der Waals surface area contributed by atoms with Crippen LogP contribution in [0.15, 0.2) is 29.3 Å². The van der Waals surface area contributed by atoms with Gasteiger partial charge >= 0.3 is 0 Å². The molecule has 2 rings (SSSR count). The third-order valence-electron chi connectivity index (χ3n) is 3.34. The number of aryl methyl sites for hydroxylation is 1. The lowest BCUT2D eigenvalue weighted by Crippen LogP contribution is -2.32. The third kappa shape index (κ3) is 4.76. The maximum absolute atomic E-state index is 12.2. The van der Waals surface area contributed by atoms with Gasteiger partial charge in [0.1, 0.15) is 6.54 Å². The molecule has 0 unspecified atom stereocenters. The molecule has 2 amide bonds. The van der Waals surface area contributed by atoms with Crippen molar-refractivity contribution < 1.29 is 9.59 Å². The molecule has 0 bridgehead atoms. The lowest BCUT2D eigenvalue weighted by molar-refractivity contribution is -0.129. The van der Waals surface area contributed by atoms with Gasteiger partial charge < -0.3 is 14.8 Å². The minimum absolute atomic E-state index is 0.0919. The fraction of sp³-hybridized carbons (Fsp3) is 0.375. The minimum Gasteiger partial charge on any atom is -0.352 e. The number of carbonyl (C=O) groups is 2. The van der Waals surface area contributed by atoms with Gasteiger partial charge in [0.05, 0.1) is 10.6 Å². The first-order valence-electron chi connectivity index (χ1n) is 7.47. The number of hydrogen-bond donors (Lipinski definition) is 1. The molecule has 0 aliphatic rings. The van der Waals surface area contributed by atoms with E-state index in [1.165, 1.54) is 27.8 Å². The first-order chi connectivity index (χ1) is 11.4. The van der Waals surface area contributed by atoms with Crippen LogP contribution in [0.3, 0.4) is 0 Å². The molecule has 0 aliphatic heterocycles. The molecule has 0 radical (unpaired) electrons. The second-order valence-electron chi connectivity index (χ2n) is 5.54. The Hall–Kier alpha value is -2.48. The van der Waals surface area contributed by atoms with Crippen LogP contribution < -0.4 is 10.9 Å². The zero-order valence-electron chi connectivity index (χ0n) is 13.9. The molecular weight excluding hydrogens is 328 g/mol. The van der Waals surface area contributed by atoms with Crippen LogP contribution in [0, 0.1) is 6.92 Å². The van der Waals surface area contributed by atoms with E-state index in [1.54, 1.807) is 31.6 Å². The van der Waals surface area contributed by atoms with Crippen LogP contribution in [0.25, 0.3) is 0 Å². The maximum Gasteiger partial charge on any atom is 0.252 e. The van der Waals surface area contributed by atoms with Gasteiger partial charge in [0.25, 0.3) is 11.5 Å². The normalized spacial score (nSPS) is 10.5. The predicted octanol–water partition coefficient (Wildman–Crippen LogP) is 0.674. The number of thiazole rings is 1. The van der Waals surface area contributed by atoms with Crippen molar-refractivity contribution in [3.8, 4) is 0 Å². The van der Waals surface area contributed by atoms with Crippen LogP contribution in [-0.2, 0) is 17.8 Å². The summed E-state index contributed by atoms with van der Waals surface area (Å²) in [5.41, 5.74) is 0.0245. The Kier molecular flexibility index (Phi) is 5.86. The van der Waals surface area contributed by atoms with E-state index in [0.29, 0.717) is 18.5 Å². The molecule has 0 saturated heterocycles. The van der Waals surface area contributed by atoms with Crippen molar-refractivity contribution in [2.45, 2.75) is 19.9 Å². The molecule has 2 aromatic heterocycles. The molecule has 0 saturated carbocycles. The van der Waals surface area contributed by atoms with Crippen LogP contribution in [-0.4, -0.2) is 46.9 Å². The summed E-state index contributed by atoms with van der Waals surface area (Å²) in [4.78, 5) is 42.5. The number of rotatable bonds is 6. The van der Waals surface area contributed by atoms with Crippen LogP contribution in [0.2, 0.25) is 0 Å². The Morgan fingerprint density at radius 2 is 2.08 bits per heavy atom. The Morgan fingerprint density at radius 1 is 1.33 bits per heavy atom. The summed E-state index contributed by atoms with van der Waals surface area (Å²) < 4.78 is 1.24. The van der Waals surface area contributed by atoms with Crippen molar-refractivity contribution in [3.05, 3.63) is 50.3 Å². The van der Waals surface area contributed by atoms with Gasteiger partial charge in [-0.2, -0.15) is 0 Å². The Morgan fingerprint density at radius 3 is 2.71 bits per heavy atom. The minimum atomic E-state index is -0.319. The molecule has 24 heavy (non-hydrogen) atoms. The number of carbonyl (C=O) groups excluding carboxylic acids is 2. The standard InChI is InChI=1S/C16H20N4O3S/c1-11-8-18-13(24-11)6-7-17-16(23)12-4-5-14(21)20(9-12)10-15(22)19(2)3/h4-5,8-9H,6-7,10H2,1-3H3,(H,17,23). The molecular formula is C16H20N4O3S. The summed E-state index contributed by atoms with van der Waals surface area (Å²) in [6.07, 6.45) is 3.87. The van der Waals surface area contributed by atoms with Crippen molar-refractivity contribution >= 4 is 23.2 Å². The smallest absolute Gasteiger partial charge is 0.252 e. The van der Waals surface area contributed by atoms with E-state index >= 15 is 0 Å². The summed E-state index contributed by atoms with van der Waals surface area (Å²) in [6.45, 7) is 2.35. The van der Waals surface area contributed by atoms with Crippen LogP contribution in [0.4, 0.5) is 0 Å². The quantitative estimate of drug-likeness (QED) is 0.832. The van der Waals surface area contributed by atoms with Gasteiger partial charge in [0.2, 0.25) is 5.91 Å². The summed E-state index contributed by atoms with van der Waals surface area (Å²) in [5, 5.41) is 3.76. The van der Waals surface area contributed by atoms with E-state index in [9.17, 15) is 14.4 Å². The van der Waals surface area contributed by atoms with Gasteiger partial charge in [0.15, 0.2) is 0 Å². The summed E-state index contributed by atoms with van der Waals surface area (Å²) in [5.74, 6) is -0.497. The highest BCUT2D eigenvalue weighted by Crippen LogP contribution is 2.11. The van der Waals surface area contributed by atoms with E-state index in [4.69, 9.17) is 0 Å². The monoisotopic (exact) mass is 348 g/mol. The number of hydrogen-bond acceptors (Lipinski definition) is 5. The van der Waals surface area contributed by atoms with Crippen LogP contribution in [0.1, 0.15) is 20.2 Å². The first kappa shape index (κ1) is 17.9. The Balaban J connectivity index is 1.98. The lowest BCUT2D eigenvalue weighted by Gasteiger charge is -2.12. The second kappa shape index (κ2) is 7.87. The fourth-order valence-corrected chi connectivity index (χ4v) is 2.77. The molecule has 128 valence electrons. The molecule has 2 aromatic rings. The zero-order chi connectivity index (χ0) is 17.7. The van der Waals surface area contributed by atoms with Gasteiger partial charge in [-0.15, -0.1) is 11.3 Å². The summed E-state index contributed by atoms with van der Waals surface area (Å²) >= 11 is 1.60. The average Bonchev–Trinajstić information content (AvgIpc) is 2.94. The Bertz CT molecular complexity index is 795. The van der Waals surface area contributed by atoms with Crippen molar-refractivity contribution in [2.24, 2.45) is 0 Å². The van der Waals surface area contributed by atoms with E-state index in [1.807, 2.05) is 6.92 Å². The predicted molar refractivity (Wildman–Crippen MR) is 92.3 cm³/mol. The highest BCUT2D eigenvalue weighted by atomic mass is 32.1. The highest BCUT2D eigenvalue weighted by molar-refractivity contribution is 7.11. The third-order valence-corrected chi connectivity index (χ3v) is 4.32. The van der Waals surface area contributed by atoms with Gasteiger partial charge in [-0.05, 0) is 13.0 Å². The Labute approximate surface area is 143 Å². The summed E-state index contributed by atoms with van der Waals surface area (Å²) in [6, 6.07) is 2.75. The fourth-order valence-electron chi connectivity index (χ4n) is 1.98. The SMILES string of the molecule is Cc1cnc(CCNC(=O)c2ccc(=O)n(CC(=O)N(C)C)c2)s1. The van der Waals surface area contributed by atoms with Crippen molar-refractivity contribution in [1.29, 1.82) is 0 Å². The molecule has 0 aliphatic carbocycles. The lowest BCUT2D eigenvalue weighted by atomic mass is 10.2. The number of nitrogens with one attached hydrogen (secondary N) is 1. The number of aromatic nitrogens is 2. The second-order valence-corrected chi connectivity index (χ2v) is 6.86. The van der Waals surface area contributed by atoms with Gasteiger partial charge in [-0.1, -0.05) is 0 Å². The number of likely N-dealkylation sites (N-methyl/N-ethyl adjacent to an activating group) is 1. The topological polar surface area (TPSA) is 84.3 Å². The number of amides is 2. The highest BCUT2D eigenvalue weighted by Gasteiger charge is 2.11. The molecule has 2 heterocycles. The molecule has 8 heteroatoms. The molecule has 1 N–H and O–H groups in total. The maximum atomic E-state index is 12.2. The van der Waals surface area contributed by atoms with Gasteiger partial charge in [-0.25, -0.2) is 4.98 Å². The van der Waals surface area contributed by atoms with Gasteiger partial charge in [-0.3, -0.25) is 14.4 Å². The first-order valence-corrected chi connectivity index (χ1v) is 8.28. The number of pyridine rings is 1. The van der Waals surface area contributed by atoms with E-state index in [2.05, 4.69) is 10.3 Å². The van der Waals surface area contributed by atoms with Crippen molar-refractivity contribution in [2.75, 3.05) is 20.6 Å². The van der Waals surface area contributed by atoms with E-state index in [0.717, 1.165) is 9.88 Å². The molecule has 0 aromatic carbocycles. The largest absolute Gasteiger partial charge is 0.352 e. The summed E-state index contributed by atoms with van der Waals surface area (Å²) in [7, 11) is 3.23. The van der Waals surface area contributed by atoms with E-state index in [-0.39, 0.29) is 23.9 Å². The van der Waals surface area contributed by atoms with E-state index < -0.39 is 0 Å². The molecule has 0 spiro atoms. The van der Waals surface area contributed by atoms with Crippen molar-refractivity contribution in [1.82, 2.24) is 19.8 Å². The number of nitrogens with zero attached hydrogens (tertiary/aromatic N) is 3. The molecule has 0 fully saturated rings. The van der Waals surface area contributed by atoms with Crippen LogP contribution in [0.5, 0.6) is 0 Å². The molecule has 0 atom stereocenters. The van der Waals surface area contributed by atoms with Crippen LogP contribution >= 0.6 is 11.3 Å². The van der Waals surface area contributed by atoms with Gasteiger partial charge in [0, 0.05) is 50.4 Å². The molecule has 7 nitrogen and oxygen atoms in total. The average molecular weight is 348 g/mol. The zero-order valence-corrected chi connectivity index (χ0v) is 14.7.